The van der Waals surface area contributed by atoms with Crippen LogP contribution >= 0.6 is 18.9 Å². The number of halogens is 1. The average molecular weight is 576 g/mol. The first-order valence-corrected chi connectivity index (χ1v) is 13.8. The van der Waals surface area contributed by atoms with Crippen molar-refractivity contribution >= 4 is 46.4 Å². The zero-order valence-corrected chi connectivity index (χ0v) is 24.9. The molecule has 0 bridgehead atoms. The van der Waals surface area contributed by atoms with Crippen LogP contribution < -0.4 is 21.2 Å². The maximum atomic E-state index is 14.2. The minimum Gasteiger partial charge on any atom is -0.322 e. The first kappa shape index (κ1) is 27.8. The van der Waals surface area contributed by atoms with Gasteiger partial charge < -0.3 is 5.32 Å². The smallest absolute Gasteiger partial charge is 0.266 e. The van der Waals surface area contributed by atoms with E-state index in [9.17, 15) is 4.79 Å². The number of benzene rings is 4. The second-order valence-corrected chi connectivity index (χ2v) is 12.6. The van der Waals surface area contributed by atoms with E-state index in [-0.39, 0.29) is 44.3 Å². The van der Waals surface area contributed by atoms with Crippen molar-refractivity contribution in [2.45, 2.75) is 32.9 Å². The Morgan fingerprint density at radius 1 is 0.771 bits per heavy atom. The molecule has 5 heteroatoms. The van der Waals surface area contributed by atoms with Crippen molar-refractivity contribution in [1.82, 2.24) is 0 Å². The summed E-state index contributed by atoms with van der Waals surface area (Å²) in [6, 6.07) is 35.5. The first-order valence-electron chi connectivity index (χ1n) is 11.6. The van der Waals surface area contributed by atoms with E-state index in [0.29, 0.717) is 11.4 Å². The van der Waals surface area contributed by atoms with Gasteiger partial charge in [0.05, 0.1) is 0 Å². The number of anilines is 1. The molecule has 0 saturated carbocycles. The summed E-state index contributed by atoms with van der Waals surface area (Å²) in [6.45, 7) is 6.10. The molecule has 1 N–H and O–H groups in total. The van der Waals surface area contributed by atoms with Crippen molar-refractivity contribution in [3.63, 3.8) is 0 Å². The minimum absolute atomic E-state index is 0. The van der Waals surface area contributed by atoms with E-state index in [1.807, 2.05) is 44.2 Å². The molecule has 35 heavy (non-hydrogen) atoms. The number of carbonyl (C=O) groups is 1. The van der Waals surface area contributed by atoms with E-state index in [1.165, 1.54) is 15.9 Å². The molecular weight excluding hydrogens is 546 g/mol. The Morgan fingerprint density at radius 3 is 1.49 bits per heavy atom. The number of hydrogen-bond acceptors (Lipinski definition) is 1. The summed E-state index contributed by atoms with van der Waals surface area (Å²) in [7, 11) is -2.33. The molecule has 0 aromatic heterocycles. The van der Waals surface area contributed by atoms with Gasteiger partial charge in [0.25, 0.3) is 5.91 Å². The standard InChI is InChI=1S/C30H29ClNOP.Y/c1-4-28(30(33)32-29-22(2)20-24(31)21-23(29)3)34(25-14-8-5-9-15-25,26-16-10-6-11-17-26)27-18-12-7-13-19-27;/h5-21,28H,4H2,1-3H3;/p+1. The molecule has 0 aliphatic carbocycles. The SMILES string of the molecule is CCC(C(=O)Nc1c(C)cc(Cl)cc1C)[P+](c1ccccc1)(c1ccccc1)c1ccccc1.[Y]. The summed E-state index contributed by atoms with van der Waals surface area (Å²) in [5.74, 6) is 0.0425. The monoisotopic (exact) mass is 575 g/mol. The van der Waals surface area contributed by atoms with Gasteiger partial charge in [-0.15, -0.1) is 0 Å². The second-order valence-electron chi connectivity index (χ2n) is 8.56. The fourth-order valence-corrected chi connectivity index (χ4v) is 10.1. The number of hydrogen-bond donors (Lipinski definition) is 1. The Kier molecular flexibility index (Phi) is 9.85. The van der Waals surface area contributed by atoms with Crippen LogP contribution in [-0.4, -0.2) is 11.6 Å². The van der Waals surface area contributed by atoms with Crippen LogP contribution in [0.15, 0.2) is 103 Å². The van der Waals surface area contributed by atoms with Crippen LogP contribution in [0.4, 0.5) is 5.69 Å². The van der Waals surface area contributed by atoms with Gasteiger partial charge in [0.2, 0.25) is 0 Å². The van der Waals surface area contributed by atoms with Gasteiger partial charge in [-0.1, -0.05) is 73.1 Å². The topological polar surface area (TPSA) is 29.1 Å². The maximum Gasteiger partial charge on any atom is 0.266 e. The van der Waals surface area contributed by atoms with Crippen LogP contribution in [0.1, 0.15) is 24.5 Å². The van der Waals surface area contributed by atoms with Crippen LogP contribution in [-0.2, 0) is 37.5 Å². The van der Waals surface area contributed by atoms with Gasteiger partial charge in [0.15, 0.2) is 5.66 Å². The Hall–Kier alpha value is -1.83. The summed E-state index contributed by atoms with van der Waals surface area (Å²) in [5, 5.41) is 7.60. The van der Waals surface area contributed by atoms with E-state index < -0.39 is 7.26 Å². The molecule has 1 unspecified atom stereocenters. The Labute approximate surface area is 239 Å². The Morgan fingerprint density at radius 2 is 1.14 bits per heavy atom. The average Bonchev–Trinajstić information content (AvgIpc) is 2.86. The third-order valence-corrected chi connectivity index (χ3v) is 11.5. The molecule has 0 aliphatic rings. The maximum absolute atomic E-state index is 14.2. The molecular formula is C30H30ClNOPY+. The predicted molar refractivity (Wildman–Crippen MR) is 149 cm³/mol. The van der Waals surface area contributed by atoms with Crippen LogP contribution in [0.5, 0.6) is 0 Å². The quantitative estimate of drug-likeness (QED) is 0.245. The van der Waals surface area contributed by atoms with Gasteiger partial charge in [-0.2, -0.15) is 0 Å². The molecule has 0 fully saturated rings. The third kappa shape index (κ3) is 5.62. The molecule has 4 rings (SSSR count). The van der Waals surface area contributed by atoms with Crippen molar-refractivity contribution in [2.24, 2.45) is 0 Å². The number of rotatable bonds is 7. The van der Waals surface area contributed by atoms with Gasteiger partial charge in [-0.3, -0.25) is 4.79 Å². The van der Waals surface area contributed by atoms with Gasteiger partial charge in [-0.25, -0.2) is 0 Å². The van der Waals surface area contributed by atoms with E-state index in [1.54, 1.807) is 0 Å². The molecule has 1 radical (unpaired) electrons. The second kappa shape index (κ2) is 12.4. The molecule has 1 atom stereocenters. The van der Waals surface area contributed by atoms with Crippen LogP contribution in [0.2, 0.25) is 5.02 Å². The van der Waals surface area contributed by atoms with E-state index in [2.05, 4.69) is 85.0 Å². The van der Waals surface area contributed by atoms with Crippen molar-refractivity contribution < 1.29 is 37.5 Å². The third-order valence-electron chi connectivity index (χ3n) is 6.39. The molecule has 2 nitrogen and oxygen atoms in total. The van der Waals surface area contributed by atoms with Crippen LogP contribution in [0.3, 0.4) is 0 Å². The molecule has 0 spiro atoms. The van der Waals surface area contributed by atoms with E-state index in [0.717, 1.165) is 16.8 Å². The number of nitrogens with one attached hydrogen (secondary N) is 1. The molecule has 4 aromatic carbocycles. The van der Waals surface area contributed by atoms with Gasteiger partial charge in [0.1, 0.15) is 23.2 Å². The molecule has 4 aromatic rings. The first-order chi connectivity index (χ1) is 16.5. The summed E-state index contributed by atoms with van der Waals surface area (Å²) in [5.41, 5.74) is 2.54. The number of carbonyl (C=O) groups excluding carboxylic acids is 1. The molecule has 0 aliphatic heterocycles. The molecule has 0 heterocycles. The number of aryl methyl sites for hydroxylation is 2. The van der Waals surface area contributed by atoms with Crippen molar-refractivity contribution in [1.29, 1.82) is 0 Å². The zero-order chi connectivity index (χ0) is 24.1. The fourth-order valence-electron chi connectivity index (χ4n) is 4.93. The van der Waals surface area contributed by atoms with Crippen LogP contribution in [0.25, 0.3) is 0 Å². The summed E-state index contributed by atoms with van der Waals surface area (Å²) in [6.07, 6.45) is 0.712. The van der Waals surface area contributed by atoms with Gasteiger partial charge >= 0.3 is 0 Å². The zero-order valence-electron chi connectivity index (χ0n) is 20.4. The fraction of sp³-hybridized carbons (Fsp3) is 0.167. The molecule has 0 saturated heterocycles. The summed E-state index contributed by atoms with van der Waals surface area (Å²) < 4.78 is 0. The van der Waals surface area contributed by atoms with Crippen molar-refractivity contribution in [2.75, 3.05) is 5.32 Å². The summed E-state index contributed by atoms with van der Waals surface area (Å²) >= 11 is 6.25. The Bertz CT molecular complexity index is 1150. The van der Waals surface area contributed by atoms with Crippen LogP contribution in [0, 0.1) is 13.8 Å². The van der Waals surface area contributed by atoms with E-state index in [4.69, 9.17) is 11.6 Å². The molecule has 1 amide bonds. The van der Waals surface area contributed by atoms with Gasteiger partial charge in [-0.05, 0) is 79.9 Å². The summed E-state index contributed by atoms with van der Waals surface area (Å²) in [4.78, 5) is 14.2. The van der Waals surface area contributed by atoms with E-state index >= 15 is 0 Å². The van der Waals surface area contributed by atoms with Crippen molar-refractivity contribution in [3.05, 3.63) is 119 Å². The van der Waals surface area contributed by atoms with Crippen molar-refractivity contribution in [3.8, 4) is 0 Å². The Balaban J connectivity index is 0.00000342. The largest absolute Gasteiger partial charge is 0.322 e. The normalized spacial score (nSPS) is 11.9. The minimum atomic E-state index is -2.33. The molecule has 175 valence electrons. The predicted octanol–water partition coefficient (Wildman–Crippen LogP) is 6.67. The van der Waals surface area contributed by atoms with Gasteiger partial charge in [0, 0.05) is 43.4 Å². The number of amides is 1.